The van der Waals surface area contributed by atoms with Crippen molar-refractivity contribution in [3.05, 3.63) is 35.4 Å². The van der Waals surface area contributed by atoms with Gasteiger partial charge in [-0.3, -0.25) is 4.79 Å². The van der Waals surface area contributed by atoms with Gasteiger partial charge in [-0.1, -0.05) is 24.3 Å². The van der Waals surface area contributed by atoms with Gasteiger partial charge in [0.2, 0.25) is 5.91 Å². The van der Waals surface area contributed by atoms with Crippen LogP contribution in [0.2, 0.25) is 0 Å². The van der Waals surface area contributed by atoms with Crippen molar-refractivity contribution in [1.82, 2.24) is 15.5 Å². The minimum absolute atomic E-state index is 0.0673. The van der Waals surface area contributed by atoms with E-state index in [1.165, 1.54) is 0 Å². The number of hydrogen-bond donors (Lipinski definition) is 2. The molecule has 22 heavy (non-hydrogen) atoms. The number of carbonyl (C=O) groups is 2. The maximum atomic E-state index is 12.9. The highest BCUT2D eigenvalue weighted by Gasteiger charge is 2.38. The Morgan fingerprint density at radius 3 is 2.32 bits per heavy atom. The number of nitrogens with one attached hydrogen (secondary N) is 2. The average molecular weight is 305 g/mol. The van der Waals surface area contributed by atoms with E-state index in [1.54, 1.807) is 4.90 Å². The molecule has 1 fully saturated rings. The Labute approximate surface area is 128 Å². The van der Waals surface area contributed by atoms with Crippen molar-refractivity contribution in [3.8, 4) is 0 Å². The molecular weight excluding hydrogens is 285 g/mol. The van der Waals surface area contributed by atoms with E-state index >= 15 is 0 Å². The molecule has 0 unspecified atom stereocenters. The van der Waals surface area contributed by atoms with Crippen LogP contribution in [0.4, 0.5) is 9.18 Å². The molecule has 5 nitrogen and oxygen atoms in total. The van der Waals surface area contributed by atoms with Gasteiger partial charge >= 0.3 is 6.03 Å². The number of fused-ring (bicyclic) bond motifs is 1. The summed E-state index contributed by atoms with van der Waals surface area (Å²) in [5.74, 6) is -0.130. The largest absolute Gasteiger partial charge is 0.332 e. The quantitative estimate of drug-likeness (QED) is 0.890. The van der Waals surface area contributed by atoms with Gasteiger partial charge in [-0.15, -0.1) is 0 Å². The zero-order valence-electron chi connectivity index (χ0n) is 12.4. The van der Waals surface area contributed by atoms with Crippen molar-refractivity contribution in [2.24, 2.45) is 0 Å². The molecule has 1 heterocycles. The van der Waals surface area contributed by atoms with Gasteiger partial charge in [-0.05, 0) is 30.4 Å². The summed E-state index contributed by atoms with van der Waals surface area (Å²) in [6, 6.07) is 7.44. The second-order valence-corrected chi connectivity index (χ2v) is 6.09. The Morgan fingerprint density at radius 2 is 1.82 bits per heavy atom. The molecule has 2 N–H and O–H groups in total. The zero-order valence-corrected chi connectivity index (χ0v) is 12.4. The third-order valence-electron chi connectivity index (χ3n) is 4.54. The number of halogens is 1. The predicted molar refractivity (Wildman–Crippen MR) is 79.8 cm³/mol. The molecule has 0 spiro atoms. The van der Waals surface area contributed by atoms with Crippen LogP contribution in [0.15, 0.2) is 24.3 Å². The van der Waals surface area contributed by atoms with Crippen LogP contribution in [-0.4, -0.2) is 35.6 Å². The monoisotopic (exact) mass is 305 g/mol. The molecule has 3 amide bonds. The first-order chi connectivity index (χ1) is 10.6. The highest BCUT2D eigenvalue weighted by atomic mass is 19.1. The Hall–Kier alpha value is -2.11. The van der Waals surface area contributed by atoms with Gasteiger partial charge in [-0.25, -0.2) is 9.18 Å². The lowest BCUT2D eigenvalue weighted by Gasteiger charge is -2.39. The lowest BCUT2D eigenvalue weighted by Crippen LogP contribution is -2.58. The van der Waals surface area contributed by atoms with Crippen LogP contribution in [-0.2, 0) is 17.9 Å². The van der Waals surface area contributed by atoms with E-state index < -0.39 is 18.2 Å². The number of benzene rings is 1. The molecule has 0 saturated heterocycles. The van der Waals surface area contributed by atoms with Crippen molar-refractivity contribution < 1.29 is 14.0 Å². The predicted octanol–water partition coefficient (Wildman–Crippen LogP) is 1.72. The number of alkyl halides is 1. The fourth-order valence-electron chi connectivity index (χ4n) is 2.96. The first-order valence-electron chi connectivity index (χ1n) is 7.58. The summed E-state index contributed by atoms with van der Waals surface area (Å²) in [5.41, 5.74) is 1.58. The summed E-state index contributed by atoms with van der Waals surface area (Å²) >= 11 is 0. The number of amides is 3. The molecule has 0 atom stereocenters. The lowest BCUT2D eigenvalue weighted by atomic mass is 9.78. The molecular formula is C16H20FN3O2. The maximum Gasteiger partial charge on any atom is 0.315 e. The summed E-state index contributed by atoms with van der Waals surface area (Å²) < 4.78 is 12.9. The first-order valence-corrected chi connectivity index (χ1v) is 7.58. The molecule has 118 valence electrons. The van der Waals surface area contributed by atoms with Crippen LogP contribution in [0, 0.1) is 0 Å². The Balaban J connectivity index is 1.46. The van der Waals surface area contributed by atoms with Crippen molar-refractivity contribution in [2.75, 3.05) is 13.2 Å². The van der Waals surface area contributed by atoms with Crippen LogP contribution in [0.5, 0.6) is 0 Å². The normalized spacial score (nSPS) is 18.3. The smallest absolute Gasteiger partial charge is 0.315 e. The summed E-state index contributed by atoms with van der Waals surface area (Å²) in [6.07, 6.45) is 2.24. The molecule has 0 aromatic heterocycles. The summed E-state index contributed by atoms with van der Waals surface area (Å²) in [5, 5.41) is 5.18. The number of carbonyl (C=O) groups excluding carboxylic acids is 2. The maximum absolute atomic E-state index is 12.9. The second kappa shape index (κ2) is 5.94. The standard InChI is InChI=1S/C16H20FN3O2/c17-11-16(6-3-7-16)19-15(22)18-8-14(21)20-9-12-4-1-2-5-13(12)10-20/h1-2,4-5H,3,6-11H2,(H2,18,19,22). The molecule has 6 heteroatoms. The molecule has 0 radical (unpaired) electrons. The fourth-order valence-corrected chi connectivity index (χ4v) is 2.96. The van der Waals surface area contributed by atoms with Crippen molar-refractivity contribution >= 4 is 11.9 Å². The molecule has 3 rings (SSSR count). The number of nitrogens with zero attached hydrogens (tertiary/aromatic N) is 1. The SMILES string of the molecule is O=C(NCC(=O)N1Cc2ccccc2C1)NC1(CF)CCC1. The molecule has 1 aromatic carbocycles. The van der Waals surface area contributed by atoms with Gasteiger partial charge in [0.25, 0.3) is 0 Å². The van der Waals surface area contributed by atoms with Gasteiger partial charge < -0.3 is 15.5 Å². The minimum atomic E-state index is -0.711. The topological polar surface area (TPSA) is 61.4 Å². The van der Waals surface area contributed by atoms with E-state index in [2.05, 4.69) is 10.6 Å². The van der Waals surface area contributed by atoms with Gasteiger partial charge in [0, 0.05) is 13.1 Å². The van der Waals surface area contributed by atoms with E-state index in [1.807, 2.05) is 24.3 Å². The zero-order chi connectivity index (χ0) is 15.6. The average Bonchev–Trinajstić information content (AvgIpc) is 2.92. The number of rotatable bonds is 4. The molecule has 1 aliphatic heterocycles. The molecule has 1 aromatic rings. The number of hydrogen-bond acceptors (Lipinski definition) is 2. The van der Waals surface area contributed by atoms with Crippen LogP contribution in [0.25, 0.3) is 0 Å². The Kier molecular flexibility index (Phi) is 4.00. The van der Waals surface area contributed by atoms with Crippen LogP contribution >= 0.6 is 0 Å². The molecule has 2 aliphatic rings. The van der Waals surface area contributed by atoms with Gasteiger partial charge in [0.05, 0.1) is 12.1 Å². The summed E-state index contributed by atoms with van der Waals surface area (Å²) in [7, 11) is 0. The van der Waals surface area contributed by atoms with Gasteiger partial charge in [0.1, 0.15) is 6.67 Å². The Morgan fingerprint density at radius 1 is 1.18 bits per heavy atom. The molecule has 0 bridgehead atoms. The van der Waals surface area contributed by atoms with Crippen LogP contribution < -0.4 is 10.6 Å². The highest BCUT2D eigenvalue weighted by Crippen LogP contribution is 2.31. The molecule has 1 saturated carbocycles. The third kappa shape index (κ3) is 2.91. The van der Waals surface area contributed by atoms with E-state index in [0.29, 0.717) is 25.9 Å². The fraction of sp³-hybridized carbons (Fsp3) is 0.500. The van der Waals surface area contributed by atoms with Crippen LogP contribution in [0.3, 0.4) is 0 Å². The summed E-state index contributed by atoms with van der Waals surface area (Å²) in [6.45, 7) is 0.525. The highest BCUT2D eigenvalue weighted by molar-refractivity contribution is 5.84. The van der Waals surface area contributed by atoms with E-state index in [4.69, 9.17) is 0 Å². The first kappa shape index (κ1) is 14.8. The number of urea groups is 1. The van der Waals surface area contributed by atoms with Crippen molar-refractivity contribution in [1.29, 1.82) is 0 Å². The van der Waals surface area contributed by atoms with E-state index in [-0.39, 0.29) is 12.5 Å². The second-order valence-electron chi connectivity index (χ2n) is 6.09. The van der Waals surface area contributed by atoms with Gasteiger partial charge in [-0.2, -0.15) is 0 Å². The van der Waals surface area contributed by atoms with Gasteiger partial charge in [0.15, 0.2) is 0 Å². The van der Waals surface area contributed by atoms with Crippen LogP contribution in [0.1, 0.15) is 30.4 Å². The minimum Gasteiger partial charge on any atom is -0.332 e. The van der Waals surface area contributed by atoms with Crippen molar-refractivity contribution in [3.63, 3.8) is 0 Å². The van der Waals surface area contributed by atoms with E-state index in [9.17, 15) is 14.0 Å². The molecule has 1 aliphatic carbocycles. The van der Waals surface area contributed by atoms with E-state index in [0.717, 1.165) is 17.5 Å². The van der Waals surface area contributed by atoms with Crippen molar-refractivity contribution in [2.45, 2.75) is 37.9 Å². The lowest BCUT2D eigenvalue weighted by molar-refractivity contribution is -0.130. The Bertz CT molecular complexity index is 556. The third-order valence-corrected chi connectivity index (χ3v) is 4.54. The summed E-state index contributed by atoms with van der Waals surface area (Å²) in [4.78, 5) is 25.6.